The molecule has 0 spiro atoms. The number of nitrogens with one attached hydrogen (secondary N) is 1. The fourth-order valence-corrected chi connectivity index (χ4v) is 1.03. The predicted molar refractivity (Wildman–Crippen MR) is 48.2 cm³/mol. The highest BCUT2D eigenvalue weighted by Crippen LogP contribution is 2.06. The Morgan fingerprint density at radius 2 is 1.46 bits per heavy atom. The fraction of sp³-hybridized carbons (Fsp3) is 1.00. The van der Waals surface area contributed by atoms with E-state index in [4.69, 9.17) is 0 Å². The lowest BCUT2D eigenvalue weighted by Crippen LogP contribution is -2.47. The molecule has 5 nitrogen and oxygen atoms in total. The summed E-state index contributed by atoms with van der Waals surface area (Å²) in [6.07, 6.45) is -4.34. The third kappa shape index (κ3) is 4.02. The molecule has 0 rings (SSSR count). The highest BCUT2D eigenvalue weighted by Gasteiger charge is 2.28. The molecule has 5 N–H and O–H groups in total. The van der Waals surface area contributed by atoms with E-state index in [2.05, 4.69) is 5.32 Å². The van der Waals surface area contributed by atoms with Gasteiger partial charge < -0.3 is 25.7 Å². The Balaban J connectivity index is 3.99. The molecule has 0 heterocycles. The normalized spacial score (nSPS) is 20.8. The van der Waals surface area contributed by atoms with Crippen molar-refractivity contribution in [2.75, 3.05) is 13.6 Å². The fourth-order valence-electron chi connectivity index (χ4n) is 1.03. The molecule has 13 heavy (non-hydrogen) atoms. The minimum Gasteiger partial charge on any atom is -0.390 e. The van der Waals surface area contributed by atoms with Gasteiger partial charge in [-0.15, -0.1) is 0 Å². The van der Waals surface area contributed by atoms with Gasteiger partial charge in [-0.3, -0.25) is 0 Å². The lowest BCUT2D eigenvalue weighted by Gasteiger charge is -2.25. The van der Waals surface area contributed by atoms with Crippen LogP contribution in [0.5, 0.6) is 0 Å². The smallest absolute Gasteiger partial charge is 0.109 e. The van der Waals surface area contributed by atoms with Crippen molar-refractivity contribution in [3.63, 3.8) is 0 Å². The minimum atomic E-state index is -1.32. The maximum atomic E-state index is 9.32. The predicted octanol–water partition coefficient (Wildman–Crippen LogP) is -1.94. The van der Waals surface area contributed by atoms with Crippen LogP contribution in [0.3, 0.4) is 0 Å². The monoisotopic (exact) mass is 193 g/mol. The van der Waals surface area contributed by atoms with Crippen LogP contribution in [0, 0.1) is 0 Å². The summed E-state index contributed by atoms with van der Waals surface area (Å²) >= 11 is 0. The van der Waals surface area contributed by atoms with E-state index in [0.29, 0.717) is 6.42 Å². The van der Waals surface area contributed by atoms with Crippen molar-refractivity contribution in [2.24, 2.45) is 0 Å². The third-order valence-corrected chi connectivity index (χ3v) is 1.97. The van der Waals surface area contributed by atoms with Crippen molar-refractivity contribution in [1.82, 2.24) is 5.32 Å². The molecule has 0 aromatic carbocycles. The second-order valence-electron chi connectivity index (χ2n) is 3.08. The summed E-state index contributed by atoms with van der Waals surface area (Å²) in [6, 6.07) is 0. The van der Waals surface area contributed by atoms with Gasteiger partial charge in [0.05, 0.1) is 12.2 Å². The van der Waals surface area contributed by atoms with Crippen molar-refractivity contribution in [2.45, 2.75) is 37.8 Å². The van der Waals surface area contributed by atoms with Crippen LogP contribution in [0.15, 0.2) is 0 Å². The zero-order chi connectivity index (χ0) is 10.4. The average Bonchev–Trinajstić information content (AvgIpc) is 2.14. The number of likely N-dealkylation sites (N-methyl/N-ethyl adjacent to an activating group) is 1. The Kier molecular flexibility index (Phi) is 6.19. The lowest BCUT2D eigenvalue weighted by atomic mass is 10.0. The first-order chi connectivity index (χ1) is 6.04. The Labute approximate surface area is 78.0 Å². The number of hydrogen-bond acceptors (Lipinski definition) is 5. The number of hydrogen-bond donors (Lipinski definition) is 5. The van der Waals surface area contributed by atoms with E-state index >= 15 is 0 Å². The van der Waals surface area contributed by atoms with E-state index in [9.17, 15) is 20.4 Å². The molecule has 0 aliphatic rings. The van der Waals surface area contributed by atoms with Gasteiger partial charge in [0.2, 0.25) is 0 Å². The SMILES string of the molecule is CCC(O)C(O)C(O)C(O)CNC. The molecule has 0 amide bonds. The molecule has 0 bridgehead atoms. The number of rotatable bonds is 6. The molecule has 5 heteroatoms. The molecular weight excluding hydrogens is 174 g/mol. The molecule has 0 aromatic rings. The van der Waals surface area contributed by atoms with Gasteiger partial charge in [0, 0.05) is 6.54 Å². The molecule has 0 fully saturated rings. The summed E-state index contributed by atoms with van der Waals surface area (Å²) in [5.41, 5.74) is 0. The first kappa shape index (κ1) is 12.8. The molecule has 4 unspecified atom stereocenters. The van der Waals surface area contributed by atoms with Crippen LogP contribution in [-0.4, -0.2) is 58.4 Å². The van der Waals surface area contributed by atoms with Crippen molar-refractivity contribution in [3.8, 4) is 0 Å². The van der Waals surface area contributed by atoms with E-state index in [0.717, 1.165) is 0 Å². The van der Waals surface area contributed by atoms with Crippen molar-refractivity contribution in [1.29, 1.82) is 0 Å². The van der Waals surface area contributed by atoms with Crippen LogP contribution in [0.2, 0.25) is 0 Å². The van der Waals surface area contributed by atoms with E-state index in [1.54, 1.807) is 14.0 Å². The van der Waals surface area contributed by atoms with Crippen LogP contribution in [0.4, 0.5) is 0 Å². The molecule has 0 saturated heterocycles. The molecule has 0 radical (unpaired) electrons. The first-order valence-electron chi connectivity index (χ1n) is 4.41. The first-order valence-corrected chi connectivity index (χ1v) is 4.41. The van der Waals surface area contributed by atoms with E-state index < -0.39 is 24.4 Å². The van der Waals surface area contributed by atoms with Gasteiger partial charge in [-0.25, -0.2) is 0 Å². The summed E-state index contributed by atoms with van der Waals surface area (Å²) in [6.45, 7) is 1.86. The second kappa shape index (κ2) is 6.28. The van der Waals surface area contributed by atoms with E-state index in [-0.39, 0.29) is 6.54 Å². The van der Waals surface area contributed by atoms with Crippen LogP contribution in [-0.2, 0) is 0 Å². The maximum Gasteiger partial charge on any atom is 0.109 e. The van der Waals surface area contributed by atoms with Crippen LogP contribution < -0.4 is 5.32 Å². The lowest BCUT2D eigenvalue weighted by molar-refractivity contribution is -0.104. The molecule has 0 aliphatic heterocycles. The quantitative estimate of drug-likeness (QED) is 0.338. The van der Waals surface area contributed by atoms with Crippen molar-refractivity contribution < 1.29 is 20.4 Å². The summed E-state index contributed by atoms with van der Waals surface area (Å²) in [4.78, 5) is 0. The van der Waals surface area contributed by atoms with Gasteiger partial charge in [0.1, 0.15) is 12.2 Å². The summed E-state index contributed by atoms with van der Waals surface area (Å²) < 4.78 is 0. The largest absolute Gasteiger partial charge is 0.390 e. The van der Waals surface area contributed by atoms with Crippen molar-refractivity contribution in [3.05, 3.63) is 0 Å². The van der Waals surface area contributed by atoms with E-state index in [1.165, 1.54) is 0 Å². The zero-order valence-electron chi connectivity index (χ0n) is 8.01. The van der Waals surface area contributed by atoms with Gasteiger partial charge in [0.25, 0.3) is 0 Å². The van der Waals surface area contributed by atoms with Gasteiger partial charge in [-0.05, 0) is 13.5 Å². The highest BCUT2D eigenvalue weighted by molar-refractivity contribution is 4.80. The topological polar surface area (TPSA) is 93.0 Å². The summed E-state index contributed by atoms with van der Waals surface area (Å²) in [5.74, 6) is 0. The summed E-state index contributed by atoms with van der Waals surface area (Å²) in [7, 11) is 1.62. The molecule has 0 saturated carbocycles. The van der Waals surface area contributed by atoms with Crippen molar-refractivity contribution >= 4 is 0 Å². The molecule has 4 atom stereocenters. The molecule has 0 aliphatic carbocycles. The maximum absolute atomic E-state index is 9.32. The molecule has 0 aromatic heterocycles. The average molecular weight is 193 g/mol. The van der Waals surface area contributed by atoms with Gasteiger partial charge in [-0.1, -0.05) is 6.92 Å². The standard InChI is InChI=1S/C8H19NO4/c1-3-5(10)7(12)8(13)6(11)4-9-2/h5-13H,3-4H2,1-2H3. The Hall–Kier alpha value is -0.200. The highest BCUT2D eigenvalue weighted by atomic mass is 16.4. The van der Waals surface area contributed by atoms with Crippen LogP contribution >= 0.6 is 0 Å². The number of aliphatic hydroxyl groups excluding tert-OH is 4. The summed E-state index contributed by atoms with van der Waals surface area (Å²) in [5, 5.41) is 39.7. The Morgan fingerprint density at radius 3 is 1.85 bits per heavy atom. The zero-order valence-corrected chi connectivity index (χ0v) is 8.01. The molecule has 80 valence electrons. The van der Waals surface area contributed by atoms with Crippen LogP contribution in [0.25, 0.3) is 0 Å². The van der Waals surface area contributed by atoms with Crippen LogP contribution in [0.1, 0.15) is 13.3 Å². The van der Waals surface area contributed by atoms with Gasteiger partial charge >= 0.3 is 0 Å². The molecular formula is C8H19NO4. The van der Waals surface area contributed by atoms with E-state index in [1.807, 2.05) is 0 Å². The second-order valence-corrected chi connectivity index (χ2v) is 3.08. The van der Waals surface area contributed by atoms with Gasteiger partial charge in [0.15, 0.2) is 0 Å². The third-order valence-electron chi connectivity index (χ3n) is 1.97. The van der Waals surface area contributed by atoms with Gasteiger partial charge in [-0.2, -0.15) is 0 Å². The minimum absolute atomic E-state index is 0.175. The Bertz CT molecular complexity index is 133. The number of aliphatic hydroxyl groups is 4. The Morgan fingerprint density at radius 1 is 1.00 bits per heavy atom.